The van der Waals surface area contributed by atoms with Gasteiger partial charge in [0.15, 0.2) is 23.2 Å². The molecule has 0 amide bonds. The molecular weight excluding hydrogens is 461 g/mol. The van der Waals surface area contributed by atoms with Crippen molar-refractivity contribution in [2.45, 2.75) is 12.9 Å². The molecule has 0 radical (unpaired) electrons. The highest BCUT2D eigenvalue weighted by atomic mass is 19.4. The molecule has 0 saturated carbocycles. The van der Waals surface area contributed by atoms with E-state index in [1.54, 1.807) is 12.3 Å². The van der Waals surface area contributed by atoms with Gasteiger partial charge in [0.1, 0.15) is 29.4 Å². The van der Waals surface area contributed by atoms with E-state index in [0.29, 0.717) is 28.4 Å². The fourth-order valence-corrected chi connectivity index (χ4v) is 3.26. The van der Waals surface area contributed by atoms with Crippen molar-refractivity contribution < 1.29 is 31.2 Å². The zero-order valence-electron chi connectivity index (χ0n) is 16.9. The predicted octanol–water partition coefficient (Wildman–Crippen LogP) is 5.33. The van der Waals surface area contributed by atoms with E-state index in [1.165, 1.54) is 47.3 Å². The average molecular weight is 473 g/mol. The van der Waals surface area contributed by atoms with Gasteiger partial charge in [-0.3, -0.25) is 4.68 Å². The Kier molecular flexibility index (Phi) is 5.19. The Morgan fingerprint density at radius 3 is 2.47 bits per heavy atom. The number of hydrogen-bond acceptors (Lipinski definition) is 6. The van der Waals surface area contributed by atoms with Gasteiger partial charge in [-0.05, 0) is 36.4 Å². The Balaban J connectivity index is 1.34. The van der Waals surface area contributed by atoms with Crippen molar-refractivity contribution in [3.05, 3.63) is 78.3 Å². The van der Waals surface area contributed by atoms with Crippen molar-refractivity contribution in [3.63, 3.8) is 0 Å². The van der Waals surface area contributed by atoms with Crippen molar-refractivity contribution in [3.8, 4) is 39.8 Å². The van der Waals surface area contributed by atoms with Crippen LogP contribution in [0.25, 0.3) is 34.0 Å². The maximum absolute atomic E-state index is 14.1. The Hall–Kier alpha value is -4.35. The van der Waals surface area contributed by atoms with Crippen LogP contribution in [0.15, 0.2) is 65.4 Å². The predicted molar refractivity (Wildman–Crippen MR) is 108 cm³/mol. The molecule has 0 unspecified atom stereocenters. The van der Waals surface area contributed by atoms with Gasteiger partial charge >= 0.3 is 6.36 Å². The third kappa shape index (κ3) is 4.42. The lowest BCUT2D eigenvalue weighted by Gasteiger charge is -2.08. The van der Waals surface area contributed by atoms with Gasteiger partial charge in [-0.15, -0.1) is 13.2 Å². The lowest BCUT2D eigenvalue weighted by Crippen LogP contribution is -2.16. The van der Waals surface area contributed by atoms with Gasteiger partial charge in [0.2, 0.25) is 0 Å². The molecule has 0 bridgehead atoms. The summed E-state index contributed by atoms with van der Waals surface area (Å²) < 4.78 is 75.1. The minimum atomic E-state index is -4.77. The first-order chi connectivity index (χ1) is 16.2. The van der Waals surface area contributed by atoms with Crippen LogP contribution in [0.5, 0.6) is 5.75 Å². The summed E-state index contributed by atoms with van der Waals surface area (Å²) in [6.07, 6.45) is -1.78. The lowest BCUT2D eigenvalue weighted by atomic mass is 10.1. The number of alkyl halides is 3. The van der Waals surface area contributed by atoms with E-state index in [-0.39, 0.29) is 23.7 Å². The molecular formula is C22H12F5N5O2. The molecule has 1 aromatic heterocycles. The molecule has 7 nitrogen and oxygen atoms in total. The molecule has 2 aliphatic heterocycles. The first kappa shape index (κ1) is 21.5. The van der Waals surface area contributed by atoms with Gasteiger partial charge in [0.25, 0.3) is 0 Å². The standard InChI is InChI=1S/C22H12F5N5O2/c23-16-3-1-2-15(20(16)24)21-29-18-9-28-32(11-19(18)30-21)10-14-8-17(31-34-14)12-4-6-13(7-5-12)33-22(25,26)27/h1-9,11H,10H2. The first-order valence-electron chi connectivity index (χ1n) is 9.71. The Morgan fingerprint density at radius 2 is 1.71 bits per heavy atom. The summed E-state index contributed by atoms with van der Waals surface area (Å²) in [4.78, 5) is 8.45. The van der Waals surface area contributed by atoms with Crippen LogP contribution in [0.2, 0.25) is 0 Å². The second kappa shape index (κ2) is 8.21. The second-order valence-corrected chi connectivity index (χ2v) is 7.14. The van der Waals surface area contributed by atoms with Gasteiger partial charge < -0.3 is 9.26 Å². The third-order valence-electron chi connectivity index (χ3n) is 4.77. The molecule has 3 aromatic rings. The van der Waals surface area contributed by atoms with Crippen LogP contribution in [0.4, 0.5) is 22.0 Å². The maximum atomic E-state index is 14.1. The number of nitrogens with zero attached hydrogens (tertiary/aromatic N) is 5. The Labute approximate surface area is 187 Å². The van der Waals surface area contributed by atoms with E-state index in [1.807, 2.05) is 0 Å². The molecule has 172 valence electrons. The summed E-state index contributed by atoms with van der Waals surface area (Å²) in [5.74, 6) is -1.93. The summed E-state index contributed by atoms with van der Waals surface area (Å²) in [5, 5.41) is 8.14. The summed E-state index contributed by atoms with van der Waals surface area (Å²) in [6.45, 7) is 0.161. The van der Waals surface area contributed by atoms with E-state index in [0.717, 1.165) is 6.07 Å². The van der Waals surface area contributed by atoms with E-state index >= 15 is 0 Å². The fraction of sp³-hybridized carbons (Fsp3) is 0.0909. The fourth-order valence-electron chi connectivity index (χ4n) is 3.26. The van der Waals surface area contributed by atoms with Crippen molar-refractivity contribution in [2.24, 2.45) is 0 Å². The van der Waals surface area contributed by atoms with E-state index in [2.05, 4.69) is 25.0 Å². The van der Waals surface area contributed by atoms with Crippen molar-refractivity contribution in [1.82, 2.24) is 24.9 Å². The number of hydrogen-bond donors (Lipinski definition) is 0. The quantitative estimate of drug-likeness (QED) is 0.322. The highest BCUT2D eigenvalue weighted by molar-refractivity contribution is 5.65. The van der Waals surface area contributed by atoms with E-state index in [9.17, 15) is 22.0 Å². The van der Waals surface area contributed by atoms with E-state index < -0.39 is 18.0 Å². The summed E-state index contributed by atoms with van der Waals surface area (Å²) in [7, 11) is 0. The zero-order chi connectivity index (χ0) is 23.9. The average Bonchev–Trinajstić information content (AvgIpc) is 3.42. The van der Waals surface area contributed by atoms with Crippen LogP contribution in [0, 0.1) is 11.6 Å². The van der Waals surface area contributed by atoms with Crippen LogP contribution in [0.1, 0.15) is 5.76 Å². The van der Waals surface area contributed by atoms with Crippen LogP contribution < -0.4 is 4.74 Å². The van der Waals surface area contributed by atoms with Gasteiger partial charge in [-0.2, -0.15) is 5.10 Å². The number of rotatable bonds is 5. The highest BCUT2D eigenvalue weighted by Crippen LogP contribution is 2.28. The molecule has 2 aromatic carbocycles. The van der Waals surface area contributed by atoms with Crippen LogP contribution in [-0.4, -0.2) is 31.3 Å². The van der Waals surface area contributed by atoms with Crippen molar-refractivity contribution in [1.29, 1.82) is 0 Å². The molecule has 2 aliphatic rings. The van der Waals surface area contributed by atoms with Gasteiger partial charge in [-0.25, -0.2) is 18.7 Å². The molecule has 0 fully saturated rings. The lowest BCUT2D eigenvalue weighted by molar-refractivity contribution is -0.274. The number of benzene rings is 2. The topological polar surface area (TPSA) is 78.9 Å². The molecule has 12 heteroatoms. The molecule has 0 spiro atoms. The smallest absolute Gasteiger partial charge is 0.406 e. The van der Waals surface area contributed by atoms with Crippen molar-refractivity contribution >= 4 is 0 Å². The van der Waals surface area contributed by atoms with Crippen molar-refractivity contribution in [2.75, 3.05) is 0 Å². The molecule has 0 atom stereocenters. The molecule has 0 saturated heterocycles. The normalized spacial score (nSPS) is 11.8. The van der Waals surface area contributed by atoms with Crippen LogP contribution in [0.3, 0.4) is 0 Å². The third-order valence-corrected chi connectivity index (χ3v) is 4.77. The number of imidazole rings is 1. The minimum absolute atomic E-state index is 0.0338. The molecule has 3 heterocycles. The first-order valence-corrected chi connectivity index (χ1v) is 9.71. The molecule has 0 N–H and O–H groups in total. The number of fused-ring (bicyclic) bond motifs is 1. The largest absolute Gasteiger partial charge is 0.573 e. The van der Waals surface area contributed by atoms with Crippen LogP contribution in [-0.2, 0) is 6.54 Å². The highest BCUT2D eigenvalue weighted by Gasteiger charge is 2.31. The monoisotopic (exact) mass is 473 g/mol. The van der Waals surface area contributed by atoms with Gasteiger partial charge in [0.05, 0.1) is 18.0 Å². The number of ether oxygens (including phenoxy) is 1. The molecule has 34 heavy (non-hydrogen) atoms. The zero-order valence-corrected chi connectivity index (χ0v) is 16.9. The second-order valence-electron chi connectivity index (χ2n) is 7.14. The van der Waals surface area contributed by atoms with Gasteiger partial charge in [-0.1, -0.05) is 11.2 Å². The Bertz CT molecular complexity index is 1430. The summed E-state index contributed by atoms with van der Waals surface area (Å²) >= 11 is 0. The number of aromatic nitrogens is 5. The summed E-state index contributed by atoms with van der Waals surface area (Å²) in [6, 6.07) is 10.6. The van der Waals surface area contributed by atoms with Crippen LogP contribution >= 0.6 is 0 Å². The SMILES string of the molecule is Fc1cccc(-c2nc3cnn(Cc4cc(-c5ccc(OC(F)(F)F)cc5)no4)cc-3n2)c1F. The minimum Gasteiger partial charge on any atom is -0.406 e. The Morgan fingerprint density at radius 1 is 0.941 bits per heavy atom. The molecule has 5 rings (SSSR count). The maximum Gasteiger partial charge on any atom is 0.573 e. The number of halogens is 5. The molecule has 0 aliphatic carbocycles. The van der Waals surface area contributed by atoms with E-state index in [4.69, 9.17) is 4.52 Å². The summed E-state index contributed by atoms with van der Waals surface area (Å²) in [5.41, 5.74) is 1.69. The van der Waals surface area contributed by atoms with Gasteiger partial charge in [0, 0.05) is 11.6 Å².